The Morgan fingerprint density at radius 2 is 2.09 bits per heavy atom. The van der Waals surface area contributed by atoms with Gasteiger partial charge in [-0.3, -0.25) is 4.79 Å². The molecule has 0 fully saturated rings. The van der Waals surface area contributed by atoms with Crippen LogP contribution in [0.3, 0.4) is 0 Å². The summed E-state index contributed by atoms with van der Waals surface area (Å²) in [6.45, 7) is 4.30. The SMILES string of the molecule is CC[C@H](C)NC(=O)c1csc(COc2ccccc2OC)n1. The van der Waals surface area contributed by atoms with Gasteiger partial charge in [0.05, 0.1) is 7.11 Å². The average molecular weight is 320 g/mol. The van der Waals surface area contributed by atoms with Gasteiger partial charge in [-0.1, -0.05) is 19.1 Å². The van der Waals surface area contributed by atoms with E-state index in [0.29, 0.717) is 23.8 Å². The number of aromatic nitrogens is 1. The molecule has 1 amide bonds. The van der Waals surface area contributed by atoms with E-state index in [-0.39, 0.29) is 11.9 Å². The summed E-state index contributed by atoms with van der Waals surface area (Å²) in [7, 11) is 1.60. The lowest BCUT2D eigenvalue weighted by molar-refractivity contribution is 0.0934. The Morgan fingerprint density at radius 1 is 1.36 bits per heavy atom. The number of hydrogen-bond acceptors (Lipinski definition) is 5. The summed E-state index contributed by atoms with van der Waals surface area (Å²) in [5.41, 5.74) is 0.434. The van der Waals surface area contributed by atoms with E-state index in [2.05, 4.69) is 10.3 Å². The Bertz CT molecular complexity index is 627. The zero-order chi connectivity index (χ0) is 15.9. The van der Waals surface area contributed by atoms with Gasteiger partial charge >= 0.3 is 0 Å². The maximum absolute atomic E-state index is 12.0. The minimum Gasteiger partial charge on any atom is -0.493 e. The second-order valence-corrected chi connectivity index (χ2v) is 5.79. The summed E-state index contributed by atoms with van der Waals surface area (Å²) < 4.78 is 10.9. The van der Waals surface area contributed by atoms with Crippen molar-refractivity contribution in [1.29, 1.82) is 0 Å². The predicted molar refractivity (Wildman–Crippen MR) is 86.7 cm³/mol. The van der Waals surface area contributed by atoms with E-state index in [1.165, 1.54) is 11.3 Å². The Balaban J connectivity index is 1.96. The van der Waals surface area contributed by atoms with Crippen molar-refractivity contribution >= 4 is 17.2 Å². The van der Waals surface area contributed by atoms with Crippen LogP contribution in [0.25, 0.3) is 0 Å². The monoisotopic (exact) mass is 320 g/mol. The van der Waals surface area contributed by atoms with E-state index >= 15 is 0 Å². The first-order valence-electron chi connectivity index (χ1n) is 7.15. The molecule has 1 atom stereocenters. The van der Waals surface area contributed by atoms with Crippen LogP contribution in [0.4, 0.5) is 0 Å². The molecule has 0 unspecified atom stereocenters. The number of methoxy groups -OCH3 is 1. The standard InChI is InChI=1S/C16H20N2O3S/c1-4-11(2)17-16(19)12-10-22-15(18-12)9-21-14-8-6-5-7-13(14)20-3/h5-8,10-11H,4,9H2,1-3H3,(H,17,19)/t11-/m0/s1. The van der Waals surface area contributed by atoms with Crippen molar-refractivity contribution in [2.24, 2.45) is 0 Å². The predicted octanol–water partition coefficient (Wildman–Crippen LogP) is 3.26. The number of nitrogens with zero attached hydrogens (tertiary/aromatic N) is 1. The van der Waals surface area contributed by atoms with Crippen LogP contribution in [0.2, 0.25) is 0 Å². The highest BCUT2D eigenvalue weighted by atomic mass is 32.1. The molecular weight excluding hydrogens is 300 g/mol. The molecule has 6 heteroatoms. The summed E-state index contributed by atoms with van der Waals surface area (Å²) in [6, 6.07) is 7.57. The van der Waals surface area contributed by atoms with Crippen LogP contribution in [0.5, 0.6) is 11.5 Å². The quantitative estimate of drug-likeness (QED) is 0.850. The van der Waals surface area contributed by atoms with Crippen molar-refractivity contribution in [2.45, 2.75) is 32.9 Å². The molecule has 0 aliphatic carbocycles. The van der Waals surface area contributed by atoms with E-state index in [9.17, 15) is 4.79 Å². The van der Waals surface area contributed by atoms with Crippen molar-refractivity contribution in [1.82, 2.24) is 10.3 Å². The third-order valence-electron chi connectivity index (χ3n) is 3.19. The van der Waals surface area contributed by atoms with Crippen molar-refractivity contribution in [3.8, 4) is 11.5 Å². The van der Waals surface area contributed by atoms with E-state index in [0.717, 1.165) is 11.4 Å². The van der Waals surface area contributed by atoms with Gasteiger partial charge in [0.25, 0.3) is 5.91 Å². The Morgan fingerprint density at radius 3 is 2.77 bits per heavy atom. The van der Waals surface area contributed by atoms with Gasteiger partial charge in [0.2, 0.25) is 0 Å². The average Bonchev–Trinajstić information content (AvgIpc) is 3.02. The number of para-hydroxylation sites is 2. The highest BCUT2D eigenvalue weighted by molar-refractivity contribution is 7.09. The molecule has 0 saturated heterocycles. The first-order chi connectivity index (χ1) is 10.6. The molecule has 118 valence electrons. The molecule has 1 aromatic heterocycles. The second kappa shape index (κ2) is 7.79. The lowest BCUT2D eigenvalue weighted by Crippen LogP contribution is -2.32. The van der Waals surface area contributed by atoms with Gasteiger partial charge in [-0.05, 0) is 25.5 Å². The van der Waals surface area contributed by atoms with E-state index in [1.54, 1.807) is 12.5 Å². The van der Waals surface area contributed by atoms with Crippen molar-refractivity contribution < 1.29 is 14.3 Å². The zero-order valence-corrected chi connectivity index (χ0v) is 13.8. The van der Waals surface area contributed by atoms with Crippen LogP contribution < -0.4 is 14.8 Å². The molecule has 0 aliphatic rings. The number of amides is 1. The maximum Gasteiger partial charge on any atom is 0.270 e. The molecule has 0 radical (unpaired) electrons. The fraction of sp³-hybridized carbons (Fsp3) is 0.375. The van der Waals surface area contributed by atoms with Crippen LogP contribution in [0.1, 0.15) is 35.8 Å². The Kier molecular flexibility index (Phi) is 5.77. The summed E-state index contributed by atoms with van der Waals surface area (Å²) in [4.78, 5) is 16.3. The molecule has 0 saturated carbocycles. The van der Waals surface area contributed by atoms with Gasteiger partial charge in [-0.25, -0.2) is 4.98 Å². The molecule has 0 spiro atoms. The first kappa shape index (κ1) is 16.3. The minimum absolute atomic E-state index is 0.141. The first-order valence-corrected chi connectivity index (χ1v) is 8.03. The number of nitrogens with one attached hydrogen (secondary N) is 1. The summed E-state index contributed by atoms with van der Waals surface area (Å²) in [6.07, 6.45) is 0.889. The number of carbonyl (C=O) groups excluding carboxylic acids is 1. The molecule has 0 bridgehead atoms. The van der Waals surface area contributed by atoms with Crippen LogP contribution in [-0.4, -0.2) is 24.0 Å². The Hall–Kier alpha value is -2.08. The van der Waals surface area contributed by atoms with Crippen LogP contribution >= 0.6 is 11.3 Å². The van der Waals surface area contributed by atoms with Crippen molar-refractivity contribution in [3.05, 3.63) is 40.3 Å². The molecule has 0 aliphatic heterocycles. The number of carbonyl (C=O) groups is 1. The van der Waals surface area contributed by atoms with E-state index in [4.69, 9.17) is 9.47 Å². The lowest BCUT2D eigenvalue weighted by atomic mass is 10.2. The maximum atomic E-state index is 12.0. The number of rotatable bonds is 7. The van der Waals surface area contributed by atoms with Crippen LogP contribution in [0.15, 0.2) is 29.6 Å². The van der Waals surface area contributed by atoms with E-state index < -0.39 is 0 Å². The number of thiazole rings is 1. The fourth-order valence-corrected chi connectivity index (χ4v) is 2.44. The molecule has 22 heavy (non-hydrogen) atoms. The molecule has 1 aromatic carbocycles. The third-order valence-corrected chi connectivity index (χ3v) is 4.02. The van der Waals surface area contributed by atoms with Gasteiger partial charge in [0, 0.05) is 11.4 Å². The normalized spacial score (nSPS) is 11.8. The smallest absolute Gasteiger partial charge is 0.270 e. The summed E-state index contributed by atoms with van der Waals surface area (Å²) in [5.74, 6) is 1.19. The molecule has 2 aromatic rings. The lowest BCUT2D eigenvalue weighted by Gasteiger charge is -2.09. The molecule has 5 nitrogen and oxygen atoms in total. The number of benzene rings is 1. The molecule has 1 N–H and O–H groups in total. The van der Waals surface area contributed by atoms with Gasteiger partial charge < -0.3 is 14.8 Å². The fourth-order valence-electron chi connectivity index (χ4n) is 1.76. The van der Waals surface area contributed by atoms with Gasteiger partial charge in [0.1, 0.15) is 17.3 Å². The van der Waals surface area contributed by atoms with Crippen LogP contribution in [0, 0.1) is 0 Å². The number of hydrogen-bond donors (Lipinski definition) is 1. The second-order valence-electron chi connectivity index (χ2n) is 4.85. The molecular formula is C16H20N2O3S. The highest BCUT2D eigenvalue weighted by Gasteiger charge is 2.13. The summed E-state index contributed by atoms with van der Waals surface area (Å²) >= 11 is 1.41. The topological polar surface area (TPSA) is 60.5 Å². The van der Waals surface area contributed by atoms with Crippen molar-refractivity contribution in [2.75, 3.05) is 7.11 Å². The van der Waals surface area contributed by atoms with Gasteiger partial charge in [-0.2, -0.15) is 0 Å². The molecule has 1 heterocycles. The van der Waals surface area contributed by atoms with E-state index in [1.807, 2.05) is 38.1 Å². The molecule has 2 rings (SSSR count). The largest absolute Gasteiger partial charge is 0.493 e. The number of ether oxygens (including phenoxy) is 2. The van der Waals surface area contributed by atoms with Gasteiger partial charge in [-0.15, -0.1) is 11.3 Å². The van der Waals surface area contributed by atoms with Crippen LogP contribution in [-0.2, 0) is 6.61 Å². The minimum atomic E-state index is -0.144. The third kappa shape index (κ3) is 4.21. The Labute approximate surface area is 134 Å². The van der Waals surface area contributed by atoms with Gasteiger partial charge in [0.15, 0.2) is 11.5 Å². The van der Waals surface area contributed by atoms with Crippen molar-refractivity contribution in [3.63, 3.8) is 0 Å². The zero-order valence-electron chi connectivity index (χ0n) is 13.0. The highest BCUT2D eigenvalue weighted by Crippen LogP contribution is 2.27. The summed E-state index contributed by atoms with van der Waals surface area (Å²) in [5, 5.41) is 5.39.